The molecule has 3 heterocycles. The topological polar surface area (TPSA) is 82.6 Å². The van der Waals surface area contributed by atoms with E-state index >= 15 is 0 Å². The van der Waals surface area contributed by atoms with Crippen molar-refractivity contribution >= 4 is 28.9 Å². The van der Waals surface area contributed by atoms with E-state index in [0.717, 1.165) is 80.7 Å². The van der Waals surface area contributed by atoms with E-state index in [9.17, 15) is 4.79 Å². The van der Waals surface area contributed by atoms with E-state index in [4.69, 9.17) is 9.72 Å². The van der Waals surface area contributed by atoms with E-state index in [1.165, 1.54) is 0 Å². The zero-order valence-corrected chi connectivity index (χ0v) is 21.7. The molecular formula is C29H36N6O2. The molecule has 2 fully saturated rings. The summed E-state index contributed by atoms with van der Waals surface area (Å²) in [6.07, 6.45) is 2.91. The maximum atomic E-state index is 12.2. The number of rotatable bonds is 8. The standard InChI is InChI=1S/C29H36N6O2/c1-21(2)28(36)35-16-14-34(15-17-35)26-9-7-25(8-10-26)32-29-30-13-11-27(33-29)23-3-5-24(6-4-23)31-19-22-12-18-37-20-22/h3-11,13,21-22,31H,12,14-20H2,1-2H3,(H,30,32,33). The summed E-state index contributed by atoms with van der Waals surface area (Å²) in [5.74, 6) is 1.45. The van der Waals surface area contributed by atoms with Crippen molar-refractivity contribution in [3.05, 3.63) is 60.8 Å². The van der Waals surface area contributed by atoms with Gasteiger partial charge >= 0.3 is 0 Å². The van der Waals surface area contributed by atoms with Crippen molar-refractivity contribution in [2.45, 2.75) is 20.3 Å². The van der Waals surface area contributed by atoms with E-state index in [2.05, 4.69) is 56.9 Å². The highest BCUT2D eigenvalue weighted by molar-refractivity contribution is 5.78. The van der Waals surface area contributed by atoms with Crippen LogP contribution >= 0.6 is 0 Å². The molecule has 2 aliphatic heterocycles. The minimum atomic E-state index is 0.0520. The Morgan fingerprint density at radius 1 is 1.00 bits per heavy atom. The summed E-state index contributed by atoms with van der Waals surface area (Å²) < 4.78 is 5.45. The van der Waals surface area contributed by atoms with Gasteiger partial charge in [-0.1, -0.05) is 26.0 Å². The number of anilines is 4. The van der Waals surface area contributed by atoms with Gasteiger partial charge in [-0.3, -0.25) is 4.79 Å². The third-order valence-electron chi connectivity index (χ3n) is 7.03. The summed E-state index contributed by atoms with van der Waals surface area (Å²) in [6, 6.07) is 18.6. The number of ether oxygens (including phenoxy) is 1. The summed E-state index contributed by atoms with van der Waals surface area (Å²) in [5.41, 5.74) is 5.12. The largest absolute Gasteiger partial charge is 0.385 e. The quantitative estimate of drug-likeness (QED) is 0.466. The summed E-state index contributed by atoms with van der Waals surface area (Å²) >= 11 is 0. The number of carbonyl (C=O) groups is 1. The molecule has 0 aliphatic carbocycles. The van der Waals surface area contributed by atoms with Gasteiger partial charge in [0, 0.05) is 80.0 Å². The number of nitrogens with zero attached hydrogens (tertiary/aromatic N) is 4. The fraction of sp³-hybridized carbons (Fsp3) is 0.414. The molecule has 2 saturated heterocycles. The second-order valence-corrected chi connectivity index (χ2v) is 10.1. The van der Waals surface area contributed by atoms with Crippen LogP contribution in [0.5, 0.6) is 0 Å². The molecule has 1 unspecified atom stereocenters. The zero-order valence-electron chi connectivity index (χ0n) is 21.7. The Morgan fingerprint density at radius 3 is 2.41 bits per heavy atom. The van der Waals surface area contributed by atoms with Gasteiger partial charge < -0.3 is 25.2 Å². The van der Waals surface area contributed by atoms with Crippen molar-refractivity contribution in [2.24, 2.45) is 11.8 Å². The van der Waals surface area contributed by atoms with E-state index in [0.29, 0.717) is 11.9 Å². The molecular weight excluding hydrogens is 464 g/mol. The van der Waals surface area contributed by atoms with Crippen LogP contribution in [0, 0.1) is 11.8 Å². The van der Waals surface area contributed by atoms with Crippen molar-refractivity contribution < 1.29 is 9.53 Å². The van der Waals surface area contributed by atoms with Crippen LogP contribution in [0.25, 0.3) is 11.3 Å². The first-order chi connectivity index (χ1) is 18.0. The van der Waals surface area contributed by atoms with Crippen LogP contribution < -0.4 is 15.5 Å². The van der Waals surface area contributed by atoms with E-state index in [-0.39, 0.29) is 11.8 Å². The molecule has 2 aromatic carbocycles. The molecule has 3 aromatic rings. The Bertz CT molecular complexity index is 1170. The number of hydrogen-bond acceptors (Lipinski definition) is 7. The Balaban J connectivity index is 1.16. The Labute approximate surface area is 219 Å². The summed E-state index contributed by atoms with van der Waals surface area (Å²) in [4.78, 5) is 25.7. The third-order valence-corrected chi connectivity index (χ3v) is 7.03. The van der Waals surface area contributed by atoms with Gasteiger partial charge in [-0.2, -0.15) is 0 Å². The molecule has 0 radical (unpaired) electrons. The number of hydrogen-bond donors (Lipinski definition) is 2. The lowest BCUT2D eigenvalue weighted by Crippen LogP contribution is -2.49. The van der Waals surface area contributed by atoms with Gasteiger partial charge in [0.1, 0.15) is 0 Å². The molecule has 194 valence electrons. The predicted octanol–water partition coefficient (Wildman–Crippen LogP) is 4.64. The summed E-state index contributed by atoms with van der Waals surface area (Å²) in [7, 11) is 0. The van der Waals surface area contributed by atoms with Gasteiger partial charge in [-0.05, 0) is 48.9 Å². The summed E-state index contributed by atoms with van der Waals surface area (Å²) in [6.45, 7) is 9.81. The minimum absolute atomic E-state index is 0.0520. The first-order valence-electron chi connectivity index (χ1n) is 13.2. The van der Waals surface area contributed by atoms with Gasteiger partial charge in [0.2, 0.25) is 11.9 Å². The number of amides is 1. The molecule has 0 saturated carbocycles. The SMILES string of the molecule is CC(C)C(=O)N1CCN(c2ccc(Nc3nccc(-c4ccc(NCC5CCOC5)cc4)n3)cc2)CC1. The normalized spacial score (nSPS) is 17.8. The third kappa shape index (κ3) is 6.38. The molecule has 1 atom stereocenters. The van der Waals surface area contributed by atoms with Crippen LogP contribution in [0.15, 0.2) is 60.8 Å². The number of benzene rings is 2. The van der Waals surface area contributed by atoms with Crippen molar-refractivity contribution in [1.29, 1.82) is 0 Å². The van der Waals surface area contributed by atoms with E-state index in [1.807, 2.05) is 36.9 Å². The van der Waals surface area contributed by atoms with Crippen LogP contribution in [0.4, 0.5) is 23.0 Å². The van der Waals surface area contributed by atoms with Crippen LogP contribution in [0.2, 0.25) is 0 Å². The van der Waals surface area contributed by atoms with Crippen LogP contribution in [0.3, 0.4) is 0 Å². The second kappa shape index (κ2) is 11.6. The first-order valence-corrected chi connectivity index (χ1v) is 13.2. The van der Waals surface area contributed by atoms with Crippen LogP contribution in [-0.4, -0.2) is 66.7 Å². The Morgan fingerprint density at radius 2 is 1.73 bits per heavy atom. The monoisotopic (exact) mass is 500 g/mol. The smallest absolute Gasteiger partial charge is 0.227 e. The highest BCUT2D eigenvalue weighted by atomic mass is 16.5. The average Bonchev–Trinajstić information content (AvgIpc) is 3.46. The second-order valence-electron chi connectivity index (χ2n) is 10.1. The van der Waals surface area contributed by atoms with Crippen LogP contribution in [0.1, 0.15) is 20.3 Å². The number of piperazine rings is 1. The highest BCUT2D eigenvalue weighted by Gasteiger charge is 2.23. The van der Waals surface area contributed by atoms with Gasteiger partial charge in [0.25, 0.3) is 0 Å². The first kappa shape index (κ1) is 25.0. The average molecular weight is 501 g/mol. The maximum Gasteiger partial charge on any atom is 0.227 e. The number of carbonyl (C=O) groups excluding carboxylic acids is 1. The maximum absolute atomic E-state index is 12.2. The lowest BCUT2D eigenvalue weighted by molar-refractivity contribution is -0.134. The van der Waals surface area contributed by atoms with Gasteiger partial charge in [-0.25, -0.2) is 9.97 Å². The van der Waals surface area contributed by atoms with E-state index < -0.39 is 0 Å². The lowest BCUT2D eigenvalue weighted by Gasteiger charge is -2.37. The van der Waals surface area contributed by atoms with E-state index in [1.54, 1.807) is 6.20 Å². The molecule has 37 heavy (non-hydrogen) atoms. The van der Waals surface area contributed by atoms with Crippen molar-refractivity contribution in [3.8, 4) is 11.3 Å². The summed E-state index contributed by atoms with van der Waals surface area (Å²) in [5, 5.41) is 6.83. The number of nitrogens with one attached hydrogen (secondary N) is 2. The molecule has 8 heteroatoms. The zero-order chi connectivity index (χ0) is 25.6. The highest BCUT2D eigenvalue weighted by Crippen LogP contribution is 2.24. The van der Waals surface area contributed by atoms with Gasteiger partial charge in [0.15, 0.2) is 0 Å². The van der Waals surface area contributed by atoms with Gasteiger partial charge in [-0.15, -0.1) is 0 Å². The molecule has 2 N–H and O–H groups in total. The molecule has 1 aromatic heterocycles. The van der Waals surface area contributed by atoms with Gasteiger partial charge in [0.05, 0.1) is 12.3 Å². The molecule has 8 nitrogen and oxygen atoms in total. The molecule has 0 bridgehead atoms. The van der Waals surface area contributed by atoms with Crippen molar-refractivity contribution in [2.75, 3.05) is 61.5 Å². The van der Waals surface area contributed by atoms with Crippen molar-refractivity contribution in [3.63, 3.8) is 0 Å². The lowest BCUT2D eigenvalue weighted by atomic mass is 10.1. The Hall–Kier alpha value is -3.65. The molecule has 5 rings (SSSR count). The molecule has 2 aliphatic rings. The fourth-order valence-corrected chi connectivity index (χ4v) is 4.78. The molecule has 0 spiro atoms. The van der Waals surface area contributed by atoms with Crippen LogP contribution in [-0.2, 0) is 9.53 Å². The van der Waals surface area contributed by atoms with Crippen molar-refractivity contribution in [1.82, 2.24) is 14.9 Å². The fourth-order valence-electron chi connectivity index (χ4n) is 4.78. The predicted molar refractivity (Wildman–Crippen MR) is 148 cm³/mol. The number of aromatic nitrogens is 2. The Kier molecular flexibility index (Phi) is 7.84. The minimum Gasteiger partial charge on any atom is -0.385 e. The molecule has 1 amide bonds.